The summed E-state index contributed by atoms with van der Waals surface area (Å²) in [4.78, 5) is 0. The van der Waals surface area contributed by atoms with Crippen LogP contribution in [0.4, 0.5) is 10.1 Å². The largest absolute Gasteiger partial charge is 0.508 e. The second kappa shape index (κ2) is 5.61. The molecule has 0 spiro atoms. The maximum atomic E-state index is 13.7. The first-order valence-corrected chi connectivity index (χ1v) is 6.78. The van der Waals surface area contributed by atoms with Crippen LogP contribution in [0.25, 0.3) is 0 Å². The number of hydrogen-bond acceptors (Lipinski definition) is 2. The van der Waals surface area contributed by atoms with Crippen molar-refractivity contribution in [1.29, 1.82) is 0 Å². The van der Waals surface area contributed by atoms with Crippen molar-refractivity contribution in [3.05, 3.63) is 57.8 Å². The lowest BCUT2D eigenvalue weighted by atomic mass is 10.0. The number of phenols is 1. The number of phenolic OH excluding ortho intramolecular Hbond substituents is 1. The number of benzene rings is 2. The van der Waals surface area contributed by atoms with Crippen molar-refractivity contribution in [2.75, 3.05) is 5.32 Å². The lowest BCUT2D eigenvalue weighted by Crippen LogP contribution is -2.08. The fraction of sp³-hybridized carbons (Fsp3) is 0.200. The first-order chi connectivity index (χ1) is 8.99. The Hall–Kier alpha value is -1.55. The van der Waals surface area contributed by atoms with E-state index in [2.05, 4.69) is 21.2 Å². The molecule has 2 aromatic rings. The predicted molar refractivity (Wildman–Crippen MR) is 79.0 cm³/mol. The highest BCUT2D eigenvalue weighted by molar-refractivity contribution is 9.10. The number of halogens is 2. The molecule has 100 valence electrons. The van der Waals surface area contributed by atoms with E-state index in [0.29, 0.717) is 10.2 Å². The van der Waals surface area contributed by atoms with Gasteiger partial charge in [0.2, 0.25) is 0 Å². The number of anilines is 1. The number of nitrogens with one attached hydrogen (secondary N) is 1. The monoisotopic (exact) mass is 323 g/mol. The van der Waals surface area contributed by atoms with Crippen molar-refractivity contribution in [1.82, 2.24) is 0 Å². The first-order valence-electron chi connectivity index (χ1n) is 5.99. The quantitative estimate of drug-likeness (QED) is 0.852. The van der Waals surface area contributed by atoms with E-state index >= 15 is 0 Å². The van der Waals surface area contributed by atoms with E-state index in [4.69, 9.17) is 0 Å². The summed E-state index contributed by atoms with van der Waals surface area (Å²) >= 11 is 3.31. The van der Waals surface area contributed by atoms with Gasteiger partial charge in [0.15, 0.2) is 0 Å². The highest BCUT2D eigenvalue weighted by Crippen LogP contribution is 2.32. The van der Waals surface area contributed by atoms with E-state index in [1.807, 2.05) is 26.0 Å². The third-order valence-electron chi connectivity index (χ3n) is 2.98. The number of rotatable bonds is 3. The van der Waals surface area contributed by atoms with Gasteiger partial charge in [-0.05, 0) is 53.5 Å². The lowest BCUT2D eigenvalue weighted by Gasteiger charge is -2.18. The van der Waals surface area contributed by atoms with Gasteiger partial charge in [0.05, 0.1) is 11.7 Å². The predicted octanol–water partition coefficient (Wildman–Crippen LogP) is 4.78. The van der Waals surface area contributed by atoms with Crippen molar-refractivity contribution in [2.45, 2.75) is 19.9 Å². The number of para-hydroxylation sites is 1. The SMILES string of the molecule is Cc1ccc(C(C)Nc2c(F)cccc2Br)c(O)c1. The van der Waals surface area contributed by atoms with Crippen molar-refractivity contribution >= 4 is 21.6 Å². The lowest BCUT2D eigenvalue weighted by molar-refractivity contribution is 0.465. The summed E-state index contributed by atoms with van der Waals surface area (Å²) in [6, 6.07) is 10.1. The Labute approximate surface area is 120 Å². The summed E-state index contributed by atoms with van der Waals surface area (Å²) in [7, 11) is 0. The second-order valence-electron chi connectivity index (χ2n) is 4.52. The maximum Gasteiger partial charge on any atom is 0.147 e. The molecule has 0 aliphatic heterocycles. The van der Waals surface area contributed by atoms with Gasteiger partial charge < -0.3 is 10.4 Å². The van der Waals surface area contributed by atoms with E-state index in [9.17, 15) is 9.50 Å². The molecule has 0 saturated heterocycles. The van der Waals surface area contributed by atoms with Crippen LogP contribution in [-0.2, 0) is 0 Å². The van der Waals surface area contributed by atoms with Gasteiger partial charge in [-0.2, -0.15) is 0 Å². The number of aromatic hydroxyl groups is 1. The highest BCUT2D eigenvalue weighted by atomic mass is 79.9. The van der Waals surface area contributed by atoms with Crippen LogP contribution in [0.5, 0.6) is 5.75 Å². The van der Waals surface area contributed by atoms with Crippen molar-refractivity contribution < 1.29 is 9.50 Å². The van der Waals surface area contributed by atoms with Gasteiger partial charge in [-0.1, -0.05) is 18.2 Å². The molecule has 2 rings (SSSR count). The summed E-state index contributed by atoms with van der Waals surface area (Å²) in [5.41, 5.74) is 2.12. The van der Waals surface area contributed by atoms with E-state index < -0.39 is 0 Å². The van der Waals surface area contributed by atoms with Gasteiger partial charge in [0.25, 0.3) is 0 Å². The van der Waals surface area contributed by atoms with E-state index in [-0.39, 0.29) is 17.6 Å². The third-order valence-corrected chi connectivity index (χ3v) is 3.64. The normalized spacial score (nSPS) is 12.2. The van der Waals surface area contributed by atoms with Crippen molar-refractivity contribution in [2.24, 2.45) is 0 Å². The molecule has 0 bridgehead atoms. The molecule has 0 amide bonds. The molecular formula is C15H15BrFNO. The molecule has 0 aliphatic rings. The maximum absolute atomic E-state index is 13.7. The molecule has 4 heteroatoms. The van der Waals surface area contributed by atoms with Gasteiger partial charge >= 0.3 is 0 Å². The van der Waals surface area contributed by atoms with E-state index in [0.717, 1.165) is 11.1 Å². The molecule has 0 aromatic heterocycles. The minimum absolute atomic E-state index is 0.200. The zero-order chi connectivity index (χ0) is 14.0. The van der Waals surface area contributed by atoms with Crippen LogP contribution in [0.1, 0.15) is 24.1 Å². The molecule has 0 fully saturated rings. The summed E-state index contributed by atoms with van der Waals surface area (Å²) in [6.45, 7) is 3.79. The van der Waals surface area contributed by atoms with Crippen LogP contribution >= 0.6 is 15.9 Å². The molecule has 1 unspecified atom stereocenters. The minimum Gasteiger partial charge on any atom is -0.508 e. The van der Waals surface area contributed by atoms with Crippen LogP contribution in [-0.4, -0.2) is 5.11 Å². The Morgan fingerprint density at radius 2 is 2.00 bits per heavy atom. The standard InChI is InChI=1S/C15H15BrFNO/c1-9-6-7-11(14(19)8-9)10(2)18-15-12(16)4-3-5-13(15)17/h3-8,10,18-19H,1-2H3. The van der Waals surface area contributed by atoms with E-state index in [1.54, 1.807) is 18.2 Å². The fourth-order valence-corrected chi connectivity index (χ4v) is 2.41. The number of hydrogen-bond donors (Lipinski definition) is 2. The molecule has 0 heterocycles. The van der Waals surface area contributed by atoms with Crippen molar-refractivity contribution in [3.63, 3.8) is 0 Å². The summed E-state index contributed by atoms with van der Waals surface area (Å²) in [5.74, 6) is -0.111. The summed E-state index contributed by atoms with van der Waals surface area (Å²) in [6.07, 6.45) is 0. The zero-order valence-corrected chi connectivity index (χ0v) is 12.3. The molecule has 1 atom stereocenters. The van der Waals surface area contributed by atoms with Crippen LogP contribution in [0.3, 0.4) is 0 Å². The van der Waals surface area contributed by atoms with Crippen LogP contribution in [0, 0.1) is 12.7 Å². The van der Waals surface area contributed by atoms with Gasteiger partial charge in [-0.25, -0.2) is 4.39 Å². The fourth-order valence-electron chi connectivity index (χ4n) is 1.95. The Morgan fingerprint density at radius 3 is 2.63 bits per heavy atom. The van der Waals surface area contributed by atoms with Gasteiger partial charge in [0.1, 0.15) is 11.6 Å². The van der Waals surface area contributed by atoms with Gasteiger partial charge in [0, 0.05) is 10.0 Å². The first kappa shape index (κ1) is 13.9. The Morgan fingerprint density at radius 1 is 1.26 bits per heavy atom. The zero-order valence-electron chi connectivity index (χ0n) is 10.7. The smallest absolute Gasteiger partial charge is 0.147 e. The highest BCUT2D eigenvalue weighted by Gasteiger charge is 2.14. The molecule has 0 saturated carbocycles. The topological polar surface area (TPSA) is 32.3 Å². The summed E-state index contributed by atoms with van der Waals surface area (Å²) in [5, 5.41) is 13.0. The average molecular weight is 324 g/mol. The number of aryl methyl sites for hydroxylation is 1. The van der Waals surface area contributed by atoms with Crippen LogP contribution in [0.15, 0.2) is 40.9 Å². The average Bonchev–Trinajstić information content (AvgIpc) is 2.33. The van der Waals surface area contributed by atoms with Gasteiger partial charge in [-0.15, -0.1) is 0 Å². The van der Waals surface area contributed by atoms with E-state index in [1.165, 1.54) is 6.07 Å². The minimum atomic E-state index is -0.326. The van der Waals surface area contributed by atoms with Crippen LogP contribution < -0.4 is 5.32 Å². The molecule has 0 radical (unpaired) electrons. The molecule has 2 nitrogen and oxygen atoms in total. The molecule has 2 N–H and O–H groups in total. The molecule has 19 heavy (non-hydrogen) atoms. The van der Waals surface area contributed by atoms with Gasteiger partial charge in [-0.3, -0.25) is 0 Å². The molecule has 2 aromatic carbocycles. The Bertz CT molecular complexity index is 580. The summed E-state index contributed by atoms with van der Waals surface area (Å²) < 4.78 is 14.4. The third kappa shape index (κ3) is 3.07. The van der Waals surface area contributed by atoms with Crippen LogP contribution in [0.2, 0.25) is 0 Å². The molecule has 0 aliphatic carbocycles. The Kier molecular flexibility index (Phi) is 4.10. The Balaban J connectivity index is 2.28. The van der Waals surface area contributed by atoms with Crippen molar-refractivity contribution in [3.8, 4) is 5.75 Å². The molecular weight excluding hydrogens is 309 g/mol. The second-order valence-corrected chi connectivity index (χ2v) is 5.38.